The smallest absolute Gasteiger partial charge is 0.339 e. The minimum absolute atomic E-state index is 0.0240. The van der Waals surface area contributed by atoms with Gasteiger partial charge in [-0.1, -0.05) is 30.3 Å². The lowest BCUT2D eigenvalue weighted by Crippen LogP contribution is -2.36. The van der Waals surface area contributed by atoms with Crippen molar-refractivity contribution in [2.24, 2.45) is 5.73 Å². The van der Waals surface area contributed by atoms with Crippen LogP contribution in [0.1, 0.15) is 12.5 Å². The van der Waals surface area contributed by atoms with Crippen LogP contribution in [0.2, 0.25) is 0 Å². The van der Waals surface area contributed by atoms with Gasteiger partial charge >= 0.3 is 5.97 Å². The standard InChI is InChI=1S/C15H12N2O3/c1-15(9-5-3-2-4-6-9)10(7-16)13(17)20-11-8-19-14(18)12(11)15/h2-6H,8,17H2,1H3. The number of ether oxygens (including phenoxy) is 2. The first-order valence-electron chi connectivity index (χ1n) is 6.13. The van der Waals surface area contributed by atoms with Gasteiger partial charge in [0.15, 0.2) is 5.76 Å². The predicted octanol–water partition coefficient (Wildman–Crippen LogP) is 1.48. The third-order valence-electron chi connectivity index (χ3n) is 3.76. The van der Waals surface area contributed by atoms with E-state index in [1.54, 1.807) is 6.92 Å². The second-order valence-electron chi connectivity index (χ2n) is 4.82. The van der Waals surface area contributed by atoms with Gasteiger partial charge in [0.05, 0.1) is 11.0 Å². The van der Waals surface area contributed by atoms with Crippen LogP contribution in [0.15, 0.2) is 53.1 Å². The van der Waals surface area contributed by atoms with E-state index in [1.165, 1.54) is 0 Å². The van der Waals surface area contributed by atoms with Gasteiger partial charge in [0.1, 0.15) is 18.2 Å². The van der Waals surface area contributed by atoms with Crippen molar-refractivity contribution in [1.82, 2.24) is 0 Å². The molecule has 20 heavy (non-hydrogen) atoms. The second-order valence-corrected chi connectivity index (χ2v) is 4.82. The molecule has 0 saturated carbocycles. The van der Waals surface area contributed by atoms with E-state index >= 15 is 0 Å². The fourth-order valence-electron chi connectivity index (χ4n) is 2.73. The topological polar surface area (TPSA) is 85.3 Å². The molecule has 2 aliphatic rings. The van der Waals surface area contributed by atoms with E-state index in [0.29, 0.717) is 11.3 Å². The number of esters is 1. The number of nitrogens with zero attached hydrogens (tertiary/aromatic N) is 1. The maximum absolute atomic E-state index is 12.0. The molecule has 1 aromatic rings. The maximum atomic E-state index is 12.0. The van der Waals surface area contributed by atoms with E-state index in [9.17, 15) is 10.1 Å². The summed E-state index contributed by atoms with van der Waals surface area (Å²) in [6.07, 6.45) is 0. The summed E-state index contributed by atoms with van der Waals surface area (Å²) in [4.78, 5) is 12.0. The van der Waals surface area contributed by atoms with Crippen molar-refractivity contribution in [3.63, 3.8) is 0 Å². The molecule has 0 bridgehead atoms. The Bertz CT molecular complexity index is 698. The van der Waals surface area contributed by atoms with Crippen molar-refractivity contribution in [2.45, 2.75) is 12.3 Å². The van der Waals surface area contributed by atoms with Crippen molar-refractivity contribution in [3.8, 4) is 6.07 Å². The highest BCUT2D eigenvalue weighted by molar-refractivity contribution is 5.96. The summed E-state index contributed by atoms with van der Waals surface area (Å²) >= 11 is 0. The summed E-state index contributed by atoms with van der Waals surface area (Å²) in [5.41, 5.74) is 6.27. The first-order chi connectivity index (χ1) is 9.59. The molecule has 0 spiro atoms. The van der Waals surface area contributed by atoms with Crippen molar-refractivity contribution >= 4 is 5.97 Å². The largest absolute Gasteiger partial charge is 0.454 e. The number of nitriles is 1. The van der Waals surface area contributed by atoms with Gasteiger partial charge in [-0.25, -0.2) is 4.79 Å². The Morgan fingerprint density at radius 3 is 2.70 bits per heavy atom. The minimum atomic E-state index is -0.943. The number of hydrogen-bond donors (Lipinski definition) is 1. The molecule has 1 atom stereocenters. The van der Waals surface area contributed by atoms with Crippen LogP contribution in [0.5, 0.6) is 0 Å². The molecule has 0 aromatic heterocycles. The number of cyclic esters (lactones) is 1. The summed E-state index contributed by atoms with van der Waals surface area (Å²) in [6, 6.07) is 11.3. The van der Waals surface area contributed by atoms with Crippen LogP contribution in [0.4, 0.5) is 0 Å². The number of carbonyl (C=O) groups is 1. The molecule has 0 amide bonds. The molecule has 3 rings (SSSR count). The molecule has 0 aliphatic carbocycles. The first kappa shape index (κ1) is 12.3. The van der Waals surface area contributed by atoms with E-state index in [4.69, 9.17) is 15.2 Å². The van der Waals surface area contributed by atoms with E-state index in [2.05, 4.69) is 6.07 Å². The Hall–Kier alpha value is -2.74. The monoisotopic (exact) mass is 268 g/mol. The molecule has 5 heteroatoms. The molecule has 0 fully saturated rings. The zero-order chi connectivity index (χ0) is 14.3. The molecule has 5 nitrogen and oxygen atoms in total. The van der Waals surface area contributed by atoms with Gasteiger partial charge in [-0.3, -0.25) is 0 Å². The minimum Gasteiger partial charge on any atom is -0.454 e. The van der Waals surface area contributed by atoms with Gasteiger partial charge in [-0.2, -0.15) is 5.26 Å². The number of rotatable bonds is 1. The zero-order valence-electron chi connectivity index (χ0n) is 10.8. The fraction of sp³-hybridized carbons (Fsp3) is 0.200. The van der Waals surface area contributed by atoms with Gasteiger partial charge < -0.3 is 15.2 Å². The highest BCUT2D eigenvalue weighted by atomic mass is 16.6. The van der Waals surface area contributed by atoms with Gasteiger partial charge in [0, 0.05) is 0 Å². The third-order valence-corrected chi connectivity index (χ3v) is 3.76. The second kappa shape index (κ2) is 4.14. The number of carbonyl (C=O) groups excluding carboxylic acids is 1. The van der Waals surface area contributed by atoms with Crippen molar-refractivity contribution in [3.05, 3.63) is 58.7 Å². The molecule has 1 unspecified atom stereocenters. The molecule has 2 heterocycles. The quantitative estimate of drug-likeness (QED) is 0.780. The van der Waals surface area contributed by atoms with Crippen LogP contribution in [-0.4, -0.2) is 12.6 Å². The molecule has 2 aliphatic heterocycles. The number of allylic oxidation sites excluding steroid dienone is 1. The van der Waals surface area contributed by atoms with Crippen molar-refractivity contribution < 1.29 is 14.3 Å². The normalized spacial score (nSPS) is 24.9. The number of hydrogen-bond acceptors (Lipinski definition) is 5. The highest BCUT2D eigenvalue weighted by Crippen LogP contribution is 2.46. The van der Waals surface area contributed by atoms with E-state index in [-0.39, 0.29) is 18.1 Å². The SMILES string of the molecule is CC1(c2ccccc2)C(C#N)=C(N)OC2=C1C(=O)OC2. The molecule has 100 valence electrons. The number of benzene rings is 1. The summed E-state index contributed by atoms with van der Waals surface area (Å²) in [5, 5.41) is 9.42. The van der Waals surface area contributed by atoms with Crippen molar-refractivity contribution in [2.75, 3.05) is 6.61 Å². The Labute approximate surface area is 115 Å². The summed E-state index contributed by atoms with van der Waals surface area (Å²) in [5.74, 6) is -0.0552. The lowest BCUT2D eigenvalue weighted by molar-refractivity contribution is -0.136. The average molecular weight is 268 g/mol. The van der Waals surface area contributed by atoms with Gasteiger partial charge in [0.25, 0.3) is 0 Å². The van der Waals surface area contributed by atoms with Crippen LogP contribution in [-0.2, 0) is 19.7 Å². The molecule has 1 aromatic carbocycles. The summed E-state index contributed by atoms with van der Waals surface area (Å²) < 4.78 is 10.4. The Balaban J connectivity index is 2.29. The van der Waals surface area contributed by atoms with E-state index in [0.717, 1.165) is 5.56 Å². The Kier molecular flexibility index (Phi) is 2.54. The highest BCUT2D eigenvalue weighted by Gasteiger charge is 2.50. The zero-order valence-corrected chi connectivity index (χ0v) is 10.8. The van der Waals surface area contributed by atoms with Crippen LogP contribution >= 0.6 is 0 Å². The molecule has 0 radical (unpaired) electrons. The van der Waals surface area contributed by atoms with Crippen LogP contribution < -0.4 is 5.73 Å². The molecular formula is C15H12N2O3. The Morgan fingerprint density at radius 1 is 1.35 bits per heavy atom. The molecule has 0 saturated heterocycles. The first-order valence-corrected chi connectivity index (χ1v) is 6.13. The van der Waals surface area contributed by atoms with E-state index < -0.39 is 11.4 Å². The van der Waals surface area contributed by atoms with Gasteiger partial charge in [-0.05, 0) is 12.5 Å². The lowest BCUT2D eigenvalue weighted by Gasteiger charge is -2.33. The summed E-state index contributed by atoms with van der Waals surface area (Å²) in [7, 11) is 0. The predicted molar refractivity (Wildman–Crippen MR) is 69.7 cm³/mol. The fourth-order valence-corrected chi connectivity index (χ4v) is 2.73. The number of nitrogens with two attached hydrogens (primary N) is 1. The van der Waals surface area contributed by atoms with Gasteiger partial charge in [0.2, 0.25) is 5.88 Å². The summed E-state index contributed by atoms with van der Waals surface area (Å²) in [6.45, 7) is 1.84. The lowest BCUT2D eigenvalue weighted by atomic mass is 9.69. The Morgan fingerprint density at radius 2 is 2.05 bits per heavy atom. The average Bonchev–Trinajstić information content (AvgIpc) is 2.82. The third kappa shape index (κ3) is 1.45. The van der Waals surface area contributed by atoms with Crippen LogP contribution in [0.3, 0.4) is 0 Å². The van der Waals surface area contributed by atoms with Gasteiger partial charge in [-0.15, -0.1) is 0 Å². The maximum Gasteiger partial charge on any atom is 0.339 e. The van der Waals surface area contributed by atoms with Crippen molar-refractivity contribution in [1.29, 1.82) is 5.26 Å². The van der Waals surface area contributed by atoms with Crippen LogP contribution in [0.25, 0.3) is 0 Å². The van der Waals surface area contributed by atoms with Crippen LogP contribution in [0, 0.1) is 11.3 Å². The molecular weight excluding hydrogens is 256 g/mol. The van der Waals surface area contributed by atoms with E-state index in [1.807, 2.05) is 30.3 Å². The molecule has 2 N–H and O–H groups in total.